The number of rotatable bonds is 3. The number of carbonyl (C=O) groups is 1. The van der Waals surface area contributed by atoms with Gasteiger partial charge in [0.15, 0.2) is 0 Å². The van der Waals surface area contributed by atoms with Crippen LogP contribution in [0.4, 0.5) is 11.4 Å². The highest BCUT2D eigenvalue weighted by molar-refractivity contribution is 6.61. The summed E-state index contributed by atoms with van der Waals surface area (Å²) < 4.78 is 5.07. The summed E-state index contributed by atoms with van der Waals surface area (Å²) in [5.74, 6) is -0.874. The van der Waals surface area contributed by atoms with Crippen molar-refractivity contribution < 1.29 is 24.5 Å². The standard InChI is InChI=1S/C11H15BN2O6/c1-11(2,3)20-10(15)7-4-6(14(18)19)5-8(9(7)13)12(16)17/h4-5,16-17H,13H2,1-3H3. The normalized spacial score (nSPS) is 11.1. The number of nitrogens with zero attached hydrogens (tertiary/aromatic N) is 1. The summed E-state index contributed by atoms with van der Waals surface area (Å²) >= 11 is 0. The van der Waals surface area contributed by atoms with Gasteiger partial charge in [0.1, 0.15) is 5.60 Å². The molecule has 108 valence electrons. The Bertz CT molecular complexity index is 553. The van der Waals surface area contributed by atoms with Crippen molar-refractivity contribution in [3.63, 3.8) is 0 Å². The lowest BCUT2D eigenvalue weighted by molar-refractivity contribution is -0.384. The van der Waals surface area contributed by atoms with Crippen LogP contribution < -0.4 is 11.2 Å². The van der Waals surface area contributed by atoms with Gasteiger partial charge in [-0.1, -0.05) is 0 Å². The number of anilines is 1. The van der Waals surface area contributed by atoms with Crippen LogP contribution in [-0.2, 0) is 4.74 Å². The van der Waals surface area contributed by atoms with Crippen LogP contribution in [0.2, 0.25) is 0 Å². The summed E-state index contributed by atoms with van der Waals surface area (Å²) in [6, 6.07) is 1.84. The van der Waals surface area contributed by atoms with Crippen molar-refractivity contribution in [3.05, 3.63) is 27.8 Å². The molecule has 1 aromatic rings. The zero-order valence-electron chi connectivity index (χ0n) is 11.3. The Morgan fingerprint density at radius 2 is 1.95 bits per heavy atom. The summed E-state index contributed by atoms with van der Waals surface area (Å²) in [5.41, 5.74) is 3.47. The second-order valence-electron chi connectivity index (χ2n) is 5.13. The van der Waals surface area contributed by atoms with Crippen molar-refractivity contribution in [2.45, 2.75) is 26.4 Å². The van der Waals surface area contributed by atoms with E-state index in [1.165, 1.54) is 0 Å². The van der Waals surface area contributed by atoms with E-state index in [9.17, 15) is 14.9 Å². The first-order valence-corrected chi connectivity index (χ1v) is 5.70. The lowest BCUT2D eigenvalue weighted by Crippen LogP contribution is -2.34. The van der Waals surface area contributed by atoms with E-state index >= 15 is 0 Å². The Morgan fingerprint density at radius 1 is 1.40 bits per heavy atom. The smallest absolute Gasteiger partial charge is 0.456 e. The van der Waals surface area contributed by atoms with Gasteiger partial charge in [-0.3, -0.25) is 10.1 Å². The van der Waals surface area contributed by atoms with Gasteiger partial charge in [-0.25, -0.2) is 4.79 Å². The number of ether oxygens (including phenoxy) is 1. The van der Waals surface area contributed by atoms with Crippen LogP contribution in [0.1, 0.15) is 31.1 Å². The van der Waals surface area contributed by atoms with Gasteiger partial charge in [-0.2, -0.15) is 0 Å². The monoisotopic (exact) mass is 282 g/mol. The van der Waals surface area contributed by atoms with Gasteiger partial charge >= 0.3 is 13.1 Å². The van der Waals surface area contributed by atoms with Crippen molar-refractivity contribution in [1.29, 1.82) is 0 Å². The fourth-order valence-corrected chi connectivity index (χ4v) is 1.48. The van der Waals surface area contributed by atoms with Crippen molar-refractivity contribution in [2.24, 2.45) is 0 Å². The molecule has 0 heterocycles. The summed E-state index contributed by atoms with van der Waals surface area (Å²) in [5, 5.41) is 29.1. The molecule has 4 N–H and O–H groups in total. The average molecular weight is 282 g/mol. The predicted octanol–water partition coefficient (Wildman–Crippen LogP) is -0.188. The number of nitrogen functional groups attached to an aromatic ring is 1. The molecule has 1 aromatic carbocycles. The first-order chi connectivity index (χ1) is 9.03. The van der Waals surface area contributed by atoms with Gasteiger partial charge in [0, 0.05) is 23.3 Å². The second kappa shape index (κ2) is 5.47. The van der Waals surface area contributed by atoms with E-state index in [4.69, 9.17) is 20.5 Å². The summed E-state index contributed by atoms with van der Waals surface area (Å²) in [6.07, 6.45) is 0. The lowest BCUT2D eigenvalue weighted by atomic mass is 9.77. The van der Waals surface area contributed by atoms with Crippen molar-refractivity contribution in [2.75, 3.05) is 5.73 Å². The molecular weight excluding hydrogens is 267 g/mol. The van der Waals surface area contributed by atoms with E-state index in [-0.39, 0.29) is 16.7 Å². The fraction of sp³-hybridized carbons (Fsp3) is 0.364. The first-order valence-electron chi connectivity index (χ1n) is 5.70. The molecule has 0 unspecified atom stereocenters. The van der Waals surface area contributed by atoms with Crippen molar-refractivity contribution >= 4 is 29.9 Å². The molecule has 0 fully saturated rings. The molecule has 0 aliphatic carbocycles. The second-order valence-corrected chi connectivity index (χ2v) is 5.13. The molecule has 0 aromatic heterocycles. The van der Waals surface area contributed by atoms with Gasteiger partial charge < -0.3 is 20.5 Å². The minimum Gasteiger partial charge on any atom is -0.456 e. The van der Waals surface area contributed by atoms with Crippen LogP contribution in [-0.4, -0.2) is 33.7 Å². The van der Waals surface area contributed by atoms with E-state index < -0.39 is 29.3 Å². The number of nitrogens with two attached hydrogens (primary N) is 1. The summed E-state index contributed by atoms with van der Waals surface area (Å²) in [4.78, 5) is 22.0. The fourth-order valence-electron chi connectivity index (χ4n) is 1.48. The van der Waals surface area contributed by atoms with Gasteiger partial charge in [0.05, 0.1) is 10.5 Å². The number of hydrogen-bond donors (Lipinski definition) is 3. The lowest BCUT2D eigenvalue weighted by Gasteiger charge is -2.20. The number of carbonyl (C=O) groups excluding carboxylic acids is 1. The number of esters is 1. The van der Waals surface area contributed by atoms with Crippen LogP contribution in [0.25, 0.3) is 0 Å². The van der Waals surface area contributed by atoms with Crippen LogP contribution in [0.3, 0.4) is 0 Å². The van der Waals surface area contributed by atoms with E-state index in [0.29, 0.717) is 0 Å². The minimum absolute atomic E-state index is 0.264. The van der Waals surface area contributed by atoms with E-state index in [1.54, 1.807) is 20.8 Å². The van der Waals surface area contributed by atoms with E-state index in [0.717, 1.165) is 12.1 Å². The molecule has 9 heteroatoms. The molecular formula is C11H15BN2O6. The Morgan fingerprint density at radius 3 is 2.35 bits per heavy atom. The van der Waals surface area contributed by atoms with E-state index in [1.807, 2.05) is 0 Å². The Labute approximate surface area is 115 Å². The Hall–Kier alpha value is -2.13. The number of non-ortho nitro benzene ring substituents is 1. The summed E-state index contributed by atoms with van der Waals surface area (Å²) in [7, 11) is -2.03. The molecule has 0 radical (unpaired) electrons. The van der Waals surface area contributed by atoms with Crippen molar-refractivity contribution in [3.8, 4) is 0 Å². The largest absolute Gasteiger partial charge is 0.490 e. The molecule has 0 saturated heterocycles. The summed E-state index contributed by atoms with van der Waals surface area (Å²) in [6.45, 7) is 4.88. The van der Waals surface area contributed by atoms with Gasteiger partial charge in [0.25, 0.3) is 5.69 Å². The van der Waals surface area contributed by atoms with E-state index in [2.05, 4.69) is 0 Å². The van der Waals surface area contributed by atoms with Crippen LogP contribution >= 0.6 is 0 Å². The predicted molar refractivity (Wildman–Crippen MR) is 72.5 cm³/mol. The minimum atomic E-state index is -2.03. The van der Waals surface area contributed by atoms with Gasteiger partial charge in [-0.15, -0.1) is 0 Å². The highest BCUT2D eigenvalue weighted by atomic mass is 16.6. The first kappa shape index (κ1) is 15.9. The Kier molecular flexibility index (Phi) is 4.36. The molecule has 1 rings (SSSR count). The molecule has 0 aliphatic rings. The zero-order chi connectivity index (χ0) is 15.7. The molecule has 8 nitrogen and oxygen atoms in total. The topological polar surface area (TPSA) is 136 Å². The maximum atomic E-state index is 11.9. The third kappa shape index (κ3) is 3.68. The number of benzene rings is 1. The zero-order valence-corrected chi connectivity index (χ0v) is 11.3. The molecule has 0 atom stereocenters. The maximum absolute atomic E-state index is 11.9. The quantitative estimate of drug-likeness (QED) is 0.230. The number of hydrogen-bond acceptors (Lipinski definition) is 7. The number of nitro groups is 1. The number of nitro benzene ring substituents is 1. The molecule has 0 saturated carbocycles. The third-order valence-electron chi connectivity index (χ3n) is 2.30. The van der Waals surface area contributed by atoms with Gasteiger partial charge in [0.2, 0.25) is 0 Å². The third-order valence-corrected chi connectivity index (χ3v) is 2.30. The van der Waals surface area contributed by atoms with Gasteiger partial charge in [-0.05, 0) is 20.8 Å². The maximum Gasteiger partial charge on any atom is 0.490 e. The molecule has 0 bridgehead atoms. The SMILES string of the molecule is CC(C)(C)OC(=O)c1cc([N+](=O)[O-])cc(B(O)O)c1N. The van der Waals surface area contributed by atoms with Crippen LogP contribution in [0.15, 0.2) is 12.1 Å². The van der Waals surface area contributed by atoms with Crippen LogP contribution in [0.5, 0.6) is 0 Å². The van der Waals surface area contributed by atoms with Crippen molar-refractivity contribution in [1.82, 2.24) is 0 Å². The molecule has 20 heavy (non-hydrogen) atoms. The average Bonchev–Trinajstić information content (AvgIpc) is 2.25. The highest BCUT2D eigenvalue weighted by Gasteiger charge is 2.27. The molecule has 0 aliphatic heterocycles. The Balaban J connectivity index is 3.38. The molecule has 0 amide bonds. The van der Waals surface area contributed by atoms with Crippen LogP contribution in [0, 0.1) is 10.1 Å². The highest BCUT2D eigenvalue weighted by Crippen LogP contribution is 2.21. The molecule has 0 spiro atoms.